The highest BCUT2D eigenvalue weighted by Crippen LogP contribution is 2.36. The first kappa shape index (κ1) is 19.9. The molecule has 0 unspecified atom stereocenters. The quantitative estimate of drug-likeness (QED) is 0.717. The predicted octanol–water partition coefficient (Wildman–Crippen LogP) is 5.20. The Hall–Kier alpha value is -2.41. The van der Waals surface area contributed by atoms with Gasteiger partial charge in [0.1, 0.15) is 11.8 Å². The van der Waals surface area contributed by atoms with Crippen molar-refractivity contribution in [3.8, 4) is 5.75 Å². The fourth-order valence-electron chi connectivity index (χ4n) is 2.27. The van der Waals surface area contributed by atoms with Crippen molar-refractivity contribution < 1.29 is 22.7 Å². The minimum absolute atomic E-state index is 0.0628. The molecular formula is C18H18ClF3N2O2. The summed E-state index contributed by atoms with van der Waals surface area (Å²) < 4.78 is 44.8. The molecule has 0 saturated carbocycles. The molecule has 4 nitrogen and oxygen atoms in total. The molecule has 0 aliphatic heterocycles. The molecule has 0 radical (unpaired) electrons. The highest BCUT2D eigenvalue weighted by atomic mass is 35.5. The van der Waals surface area contributed by atoms with Gasteiger partial charge in [-0.3, -0.25) is 4.79 Å². The van der Waals surface area contributed by atoms with Crippen molar-refractivity contribution in [2.75, 3.05) is 17.2 Å². The lowest BCUT2D eigenvalue weighted by atomic mass is 10.1. The molecule has 0 aliphatic carbocycles. The number of ether oxygens (including phenoxy) is 1. The van der Waals surface area contributed by atoms with Crippen LogP contribution in [0.15, 0.2) is 42.5 Å². The van der Waals surface area contributed by atoms with Gasteiger partial charge in [0.2, 0.25) is 5.91 Å². The van der Waals surface area contributed by atoms with Gasteiger partial charge in [-0.15, -0.1) is 0 Å². The van der Waals surface area contributed by atoms with Crippen LogP contribution in [-0.2, 0) is 11.0 Å². The number of hydrogen-bond donors (Lipinski definition) is 2. The first-order valence-corrected chi connectivity index (χ1v) is 8.26. The molecule has 140 valence electrons. The topological polar surface area (TPSA) is 50.4 Å². The summed E-state index contributed by atoms with van der Waals surface area (Å²) in [4.78, 5) is 12.3. The minimum Gasteiger partial charge on any atom is -0.492 e. The average molecular weight is 387 g/mol. The fourth-order valence-corrected chi connectivity index (χ4v) is 2.44. The Balaban J connectivity index is 2.16. The third kappa shape index (κ3) is 5.05. The van der Waals surface area contributed by atoms with Crippen molar-refractivity contribution in [1.29, 1.82) is 0 Å². The maximum absolute atomic E-state index is 13.1. The van der Waals surface area contributed by atoms with Crippen LogP contribution in [0.2, 0.25) is 5.02 Å². The first-order valence-electron chi connectivity index (χ1n) is 7.88. The number of rotatable bonds is 6. The smallest absolute Gasteiger partial charge is 0.418 e. The SMILES string of the molecule is CCOc1ccccc1N[C@H](C)C(=O)Nc1ccc(Cl)cc1C(F)(F)F. The summed E-state index contributed by atoms with van der Waals surface area (Å²) in [5.41, 5.74) is -0.775. The van der Waals surface area contributed by atoms with E-state index in [-0.39, 0.29) is 10.7 Å². The maximum atomic E-state index is 13.1. The van der Waals surface area contributed by atoms with Crippen LogP contribution in [0.1, 0.15) is 19.4 Å². The van der Waals surface area contributed by atoms with Gasteiger partial charge in [-0.25, -0.2) is 0 Å². The zero-order chi connectivity index (χ0) is 19.3. The Morgan fingerprint density at radius 2 is 1.88 bits per heavy atom. The number of carbonyl (C=O) groups excluding carboxylic acids is 1. The fraction of sp³-hybridized carbons (Fsp3) is 0.278. The standard InChI is InChI=1S/C18H18ClF3N2O2/c1-3-26-16-7-5-4-6-15(16)23-11(2)17(25)24-14-9-8-12(19)10-13(14)18(20,21)22/h4-11,23H,3H2,1-2H3,(H,24,25)/t11-/m1/s1. The van der Waals surface area contributed by atoms with E-state index in [1.807, 2.05) is 6.92 Å². The molecule has 0 aliphatic rings. The van der Waals surface area contributed by atoms with Crippen molar-refractivity contribution in [3.05, 3.63) is 53.1 Å². The lowest BCUT2D eigenvalue weighted by Crippen LogP contribution is -2.32. The van der Waals surface area contributed by atoms with E-state index in [4.69, 9.17) is 16.3 Å². The molecule has 1 atom stereocenters. The van der Waals surface area contributed by atoms with E-state index in [2.05, 4.69) is 10.6 Å². The van der Waals surface area contributed by atoms with E-state index in [1.165, 1.54) is 6.07 Å². The van der Waals surface area contributed by atoms with E-state index in [9.17, 15) is 18.0 Å². The van der Waals surface area contributed by atoms with Crippen LogP contribution < -0.4 is 15.4 Å². The second-order valence-electron chi connectivity index (χ2n) is 5.47. The highest BCUT2D eigenvalue weighted by Gasteiger charge is 2.34. The average Bonchev–Trinajstić information content (AvgIpc) is 2.57. The van der Waals surface area contributed by atoms with Crippen LogP contribution in [0, 0.1) is 0 Å². The first-order chi connectivity index (χ1) is 12.2. The number of alkyl halides is 3. The number of para-hydroxylation sites is 2. The summed E-state index contributed by atoms with van der Waals surface area (Å²) in [6, 6.07) is 9.39. The Morgan fingerprint density at radius 3 is 2.54 bits per heavy atom. The van der Waals surface area contributed by atoms with Gasteiger partial charge >= 0.3 is 6.18 Å². The van der Waals surface area contributed by atoms with Crippen molar-refractivity contribution in [2.24, 2.45) is 0 Å². The second-order valence-corrected chi connectivity index (χ2v) is 5.91. The molecule has 0 heterocycles. The molecule has 26 heavy (non-hydrogen) atoms. The van der Waals surface area contributed by atoms with Gasteiger partial charge in [0.25, 0.3) is 0 Å². The summed E-state index contributed by atoms with van der Waals surface area (Å²) in [5.74, 6) is -0.0683. The number of benzene rings is 2. The van der Waals surface area contributed by atoms with Gasteiger partial charge < -0.3 is 15.4 Å². The summed E-state index contributed by atoms with van der Waals surface area (Å²) >= 11 is 5.64. The zero-order valence-electron chi connectivity index (χ0n) is 14.2. The molecule has 2 N–H and O–H groups in total. The summed E-state index contributed by atoms with van der Waals surface area (Å²) in [7, 11) is 0. The van der Waals surface area contributed by atoms with Gasteiger partial charge in [0.05, 0.1) is 23.5 Å². The molecule has 1 amide bonds. The number of halogens is 4. The van der Waals surface area contributed by atoms with E-state index < -0.39 is 23.7 Å². The van der Waals surface area contributed by atoms with Gasteiger partial charge in [-0.1, -0.05) is 23.7 Å². The minimum atomic E-state index is -4.63. The highest BCUT2D eigenvalue weighted by molar-refractivity contribution is 6.30. The largest absolute Gasteiger partial charge is 0.492 e. The predicted molar refractivity (Wildman–Crippen MR) is 95.8 cm³/mol. The Labute approximate surface area is 154 Å². The molecular weight excluding hydrogens is 369 g/mol. The van der Waals surface area contributed by atoms with E-state index >= 15 is 0 Å². The lowest BCUT2D eigenvalue weighted by Gasteiger charge is -2.19. The van der Waals surface area contributed by atoms with Crippen LogP contribution in [0.4, 0.5) is 24.5 Å². The van der Waals surface area contributed by atoms with Gasteiger partial charge in [0.15, 0.2) is 0 Å². The molecule has 0 aromatic heterocycles. The van der Waals surface area contributed by atoms with Crippen LogP contribution in [0.3, 0.4) is 0 Å². The number of anilines is 2. The molecule has 2 rings (SSSR count). The van der Waals surface area contributed by atoms with Crippen molar-refractivity contribution in [1.82, 2.24) is 0 Å². The van der Waals surface area contributed by atoms with Crippen molar-refractivity contribution >= 4 is 28.9 Å². The molecule has 0 spiro atoms. The summed E-state index contributed by atoms with van der Waals surface area (Å²) in [6.07, 6.45) is -4.63. The van der Waals surface area contributed by atoms with Crippen LogP contribution in [0.5, 0.6) is 5.75 Å². The number of hydrogen-bond acceptors (Lipinski definition) is 3. The van der Waals surface area contributed by atoms with E-state index in [0.29, 0.717) is 18.0 Å². The van der Waals surface area contributed by atoms with Crippen LogP contribution in [-0.4, -0.2) is 18.6 Å². The van der Waals surface area contributed by atoms with E-state index in [1.54, 1.807) is 31.2 Å². The van der Waals surface area contributed by atoms with Gasteiger partial charge in [-0.2, -0.15) is 13.2 Å². The Kier molecular flexibility index (Phi) is 6.37. The van der Waals surface area contributed by atoms with Crippen molar-refractivity contribution in [2.45, 2.75) is 26.1 Å². The number of nitrogens with one attached hydrogen (secondary N) is 2. The molecule has 2 aromatic rings. The molecule has 0 bridgehead atoms. The Bertz CT molecular complexity index is 781. The monoisotopic (exact) mass is 386 g/mol. The van der Waals surface area contributed by atoms with Crippen LogP contribution >= 0.6 is 11.6 Å². The van der Waals surface area contributed by atoms with Crippen LogP contribution in [0.25, 0.3) is 0 Å². The van der Waals surface area contributed by atoms with Gasteiger partial charge in [0, 0.05) is 5.02 Å². The zero-order valence-corrected chi connectivity index (χ0v) is 14.9. The van der Waals surface area contributed by atoms with E-state index in [0.717, 1.165) is 12.1 Å². The molecule has 0 fully saturated rings. The number of amides is 1. The molecule has 8 heteroatoms. The maximum Gasteiger partial charge on any atom is 0.418 e. The van der Waals surface area contributed by atoms with Crippen molar-refractivity contribution in [3.63, 3.8) is 0 Å². The van der Waals surface area contributed by atoms with Gasteiger partial charge in [-0.05, 0) is 44.2 Å². The molecule has 0 saturated heterocycles. The number of carbonyl (C=O) groups is 1. The normalized spacial score (nSPS) is 12.4. The lowest BCUT2D eigenvalue weighted by molar-refractivity contribution is -0.137. The Morgan fingerprint density at radius 1 is 1.19 bits per heavy atom. The third-order valence-corrected chi connectivity index (χ3v) is 3.73. The summed E-state index contributed by atoms with van der Waals surface area (Å²) in [6.45, 7) is 3.81. The third-order valence-electron chi connectivity index (χ3n) is 3.50. The summed E-state index contributed by atoms with van der Waals surface area (Å²) in [5, 5.41) is 5.17. The molecule has 2 aromatic carbocycles. The second kappa shape index (κ2) is 8.31.